The molecule has 0 aromatic carbocycles. The van der Waals surface area contributed by atoms with Crippen LogP contribution in [0.15, 0.2) is 10.7 Å². The highest BCUT2D eigenvalue weighted by Gasteiger charge is 2.27. The first kappa shape index (κ1) is 11.0. The summed E-state index contributed by atoms with van der Waals surface area (Å²) in [6, 6.07) is 0.653. The van der Waals surface area contributed by atoms with Crippen molar-refractivity contribution in [2.75, 3.05) is 37.6 Å². The Hall–Kier alpha value is -1.07. The van der Waals surface area contributed by atoms with Crippen molar-refractivity contribution >= 4 is 6.01 Å². The minimum atomic E-state index is -0.0505. The van der Waals surface area contributed by atoms with Crippen molar-refractivity contribution in [1.29, 1.82) is 0 Å². The van der Waals surface area contributed by atoms with E-state index in [1.165, 1.54) is 25.6 Å². The molecule has 5 nitrogen and oxygen atoms in total. The SMILES string of the molecule is OCc1coc(N2CCN(CC3CC3)CC2)n1. The van der Waals surface area contributed by atoms with Gasteiger partial charge in [0.15, 0.2) is 0 Å². The standard InChI is InChI=1S/C12H19N3O2/c16-8-11-9-17-12(13-11)15-5-3-14(4-6-15)7-10-1-2-10/h9-10,16H,1-8H2. The fourth-order valence-corrected chi connectivity index (χ4v) is 2.30. The fraction of sp³-hybridized carbons (Fsp3) is 0.750. The summed E-state index contributed by atoms with van der Waals surface area (Å²) in [5.41, 5.74) is 0.611. The van der Waals surface area contributed by atoms with E-state index >= 15 is 0 Å². The minimum absolute atomic E-state index is 0.0505. The van der Waals surface area contributed by atoms with Crippen LogP contribution in [0, 0.1) is 5.92 Å². The maximum atomic E-state index is 8.95. The zero-order valence-electron chi connectivity index (χ0n) is 10.0. The Balaban J connectivity index is 1.52. The predicted octanol–water partition coefficient (Wildman–Crippen LogP) is 0.699. The molecule has 3 rings (SSSR count). The van der Waals surface area contributed by atoms with Crippen LogP contribution in [0.4, 0.5) is 6.01 Å². The van der Waals surface area contributed by atoms with E-state index in [4.69, 9.17) is 9.52 Å². The Kier molecular flexibility index (Phi) is 3.03. The normalized spacial score (nSPS) is 22.1. The third kappa shape index (κ3) is 2.61. The van der Waals surface area contributed by atoms with Gasteiger partial charge in [-0.15, -0.1) is 0 Å². The number of aromatic nitrogens is 1. The number of nitrogens with zero attached hydrogens (tertiary/aromatic N) is 3. The lowest BCUT2D eigenvalue weighted by molar-refractivity contribution is 0.243. The van der Waals surface area contributed by atoms with E-state index in [1.807, 2.05) is 0 Å². The lowest BCUT2D eigenvalue weighted by Gasteiger charge is -2.33. The molecule has 1 saturated heterocycles. The summed E-state index contributed by atoms with van der Waals surface area (Å²) >= 11 is 0. The number of piperazine rings is 1. The summed E-state index contributed by atoms with van der Waals surface area (Å²) in [4.78, 5) is 8.93. The van der Waals surface area contributed by atoms with Gasteiger partial charge in [-0.1, -0.05) is 0 Å². The number of hydrogen-bond acceptors (Lipinski definition) is 5. The summed E-state index contributed by atoms with van der Waals surface area (Å²) in [6.07, 6.45) is 4.37. The highest BCUT2D eigenvalue weighted by molar-refractivity contribution is 5.27. The van der Waals surface area contributed by atoms with Crippen LogP contribution in [0.25, 0.3) is 0 Å². The molecule has 0 bridgehead atoms. The largest absolute Gasteiger partial charge is 0.432 e. The van der Waals surface area contributed by atoms with Crippen LogP contribution in [-0.4, -0.2) is 47.7 Å². The van der Waals surface area contributed by atoms with Crippen molar-refractivity contribution in [3.05, 3.63) is 12.0 Å². The van der Waals surface area contributed by atoms with Gasteiger partial charge in [0.1, 0.15) is 12.0 Å². The zero-order valence-corrected chi connectivity index (χ0v) is 10.0. The lowest BCUT2D eigenvalue weighted by Crippen LogP contribution is -2.47. The molecule has 17 heavy (non-hydrogen) atoms. The van der Waals surface area contributed by atoms with E-state index in [-0.39, 0.29) is 6.61 Å². The smallest absolute Gasteiger partial charge is 0.297 e. The van der Waals surface area contributed by atoms with E-state index in [1.54, 1.807) is 0 Å². The molecule has 0 amide bonds. The molecule has 0 unspecified atom stereocenters. The van der Waals surface area contributed by atoms with Crippen LogP contribution in [0.2, 0.25) is 0 Å². The summed E-state index contributed by atoms with van der Waals surface area (Å²) in [5, 5.41) is 8.95. The molecule has 1 aliphatic heterocycles. The van der Waals surface area contributed by atoms with Gasteiger partial charge in [0.2, 0.25) is 0 Å². The van der Waals surface area contributed by atoms with Gasteiger partial charge in [0, 0.05) is 32.7 Å². The summed E-state index contributed by atoms with van der Waals surface area (Å²) in [7, 11) is 0. The summed E-state index contributed by atoms with van der Waals surface area (Å²) < 4.78 is 5.36. The highest BCUT2D eigenvalue weighted by atomic mass is 16.4. The first-order chi connectivity index (χ1) is 8.35. The molecule has 94 valence electrons. The van der Waals surface area contributed by atoms with Gasteiger partial charge < -0.3 is 14.4 Å². The number of oxazole rings is 1. The molecule has 1 N–H and O–H groups in total. The Morgan fingerprint density at radius 2 is 2.06 bits per heavy atom. The number of aliphatic hydroxyl groups is 1. The van der Waals surface area contributed by atoms with Crippen molar-refractivity contribution in [3.8, 4) is 0 Å². The maximum Gasteiger partial charge on any atom is 0.297 e. The maximum absolute atomic E-state index is 8.95. The van der Waals surface area contributed by atoms with Crippen molar-refractivity contribution in [2.45, 2.75) is 19.4 Å². The molecule has 2 aliphatic rings. The second kappa shape index (κ2) is 4.66. The minimum Gasteiger partial charge on any atom is -0.432 e. The van der Waals surface area contributed by atoms with Crippen molar-refractivity contribution in [3.63, 3.8) is 0 Å². The van der Waals surface area contributed by atoms with Crippen molar-refractivity contribution in [1.82, 2.24) is 9.88 Å². The first-order valence-electron chi connectivity index (χ1n) is 6.37. The molecule has 1 saturated carbocycles. The topological polar surface area (TPSA) is 52.7 Å². The van der Waals surface area contributed by atoms with Gasteiger partial charge in [0.25, 0.3) is 6.01 Å². The van der Waals surface area contributed by atoms with Crippen LogP contribution < -0.4 is 4.90 Å². The molecule has 2 fully saturated rings. The molecule has 1 aromatic heterocycles. The van der Waals surface area contributed by atoms with Crippen molar-refractivity contribution in [2.24, 2.45) is 5.92 Å². The van der Waals surface area contributed by atoms with Crippen molar-refractivity contribution < 1.29 is 9.52 Å². The number of rotatable bonds is 4. The molecular weight excluding hydrogens is 218 g/mol. The molecule has 2 heterocycles. The van der Waals surface area contributed by atoms with Crippen LogP contribution in [0.3, 0.4) is 0 Å². The van der Waals surface area contributed by atoms with Crippen LogP contribution in [0.5, 0.6) is 0 Å². The van der Waals surface area contributed by atoms with E-state index in [0.717, 1.165) is 32.1 Å². The first-order valence-corrected chi connectivity index (χ1v) is 6.37. The van der Waals surface area contributed by atoms with Gasteiger partial charge in [0.05, 0.1) is 6.61 Å². The monoisotopic (exact) mass is 237 g/mol. The average molecular weight is 237 g/mol. The number of anilines is 1. The van der Waals surface area contributed by atoms with Gasteiger partial charge in [-0.25, -0.2) is 0 Å². The Morgan fingerprint density at radius 3 is 2.65 bits per heavy atom. The van der Waals surface area contributed by atoms with E-state index < -0.39 is 0 Å². The van der Waals surface area contributed by atoms with Crippen LogP contribution in [0.1, 0.15) is 18.5 Å². The van der Waals surface area contributed by atoms with E-state index in [9.17, 15) is 0 Å². The average Bonchev–Trinajstić information content (AvgIpc) is 3.05. The number of aliphatic hydroxyl groups excluding tert-OH is 1. The highest BCUT2D eigenvalue weighted by Crippen LogP contribution is 2.30. The molecule has 0 atom stereocenters. The van der Waals surface area contributed by atoms with E-state index in [0.29, 0.717) is 11.7 Å². The lowest BCUT2D eigenvalue weighted by atomic mass is 10.3. The zero-order chi connectivity index (χ0) is 11.7. The Morgan fingerprint density at radius 1 is 1.29 bits per heavy atom. The summed E-state index contributed by atoms with van der Waals surface area (Å²) in [5.74, 6) is 0.962. The Bertz CT molecular complexity index is 368. The van der Waals surface area contributed by atoms with Gasteiger partial charge in [-0.2, -0.15) is 4.98 Å². The predicted molar refractivity (Wildman–Crippen MR) is 63.8 cm³/mol. The van der Waals surface area contributed by atoms with Crippen LogP contribution >= 0.6 is 0 Å². The molecular formula is C12H19N3O2. The van der Waals surface area contributed by atoms with Gasteiger partial charge >= 0.3 is 0 Å². The molecule has 0 radical (unpaired) electrons. The van der Waals surface area contributed by atoms with Gasteiger partial charge in [-0.3, -0.25) is 4.90 Å². The molecule has 1 aromatic rings. The third-order valence-electron chi connectivity index (χ3n) is 3.56. The fourth-order valence-electron chi connectivity index (χ4n) is 2.30. The number of hydrogen-bond donors (Lipinski definition) is 1. The van der Waals surface area contributed by atoms with E-state index in [2.05, 4.69) is 14.8 Å². The molecule has 0 spiro atoms. The quantitative estimate of drug-likeness (QED) is 0.835. The molecule has 5 heteroatoms. The Labute approximate surface area is 101 Å². The van der Waals surface area contributed by atoms with Crippen LogP contribution in [-0.2, 0) is 6.61 Å². The third-order valence-corrected chi connectivity index (χ3v) is 3.56. The van der Waals surface area contributed by atoms with Gasteiger partial charge in [-0.05, 0) is 18.8 Å². The second-order valence-corrected chi connectivity index (χ2v) is 5.01. The summed E-state index contributed by atoms with van der Waals surface area (Å²) in [6.45, 7) is 5.34. The molecule has 1 aliphatic carbocycles. The second-order valence-electron chi connectivity index (χ2n) is 5.01.